The van der Waals surface area contributed by atoms with E-state index >= 15 is 0 Å². The highest BCUT2D eigenvalue weighted by molar-refractivity contribution is 6.34. The Kier molecular flexibility index (Phi) is 11.6. The minimum absolute atomic E-state index is 0.0739. The van der Waals surface area contributed by atoms with Gasteiger partial charge in [-0.15, -0.1) is 0 Å². The molecule has 9 heteroatoms. The first kappa shape index (κ1) is 33.5. The van der Waals surface area contributed by atoms with Crippen LogP contribution in [-0.2, 0) is 20.7 Å². The Hall–Kier alpha value is -4.04. The number of carbonyl (C=O) groups is 3. The molecule has 2 atom stereocenters. The lowest BCUT2D eigenvalue weighted by molar-refractivity contribution is -0.140. The lowest BCUT2D eigenvalue weighted by Crippen LogP contribution is -2.53. The summed E-state index contributed by atoms with van der Waals surface area (Å²) in [4.78, 5) is 43.1. The molecule has 43 heavy (non-hydrogen) atoms. The van der Waals surface area contributed by atoms with Crippen molar-refractivity contribution in [2.45, 2.75) is 78.5 Å². The van der Waals surface area contributed by atoms with Crippen molar-refractivity contribution in [3.63, 3.8) is 0 Å². The zero-order valence-corrected chi connectivity index (χ0v) is 26.5. The molecular formula is C34H42ClN3O5. The van der Waals surface area contributed by atoms with E-state index in [2.05, 4.69) is 10.6 Å². The van der Waals surface area contributed by atoms with Crippen molar-refractivity contribution in [2.24, 2.45) is 0 Å². The quantitative estimate of drug-likeness (QED) is 0.215. The van der Waals surface area contributed by atoms with Crippen LogP contribution in [0.5, 0.6) is 5.75 Å². The van der Waals surface area contributed by atoms with Gasteiger partial charge in [0, 0.05) is 13.0 Å². The van der Waals surface area contributed by atoms with E-state index in [9.17, 15) is 19.5 Å². The Labute approximate surface area is 259 Å². The van der Waals surface area contributed by atoms with E-state index < -0.39 is 35.6 Å². The second-order valence-electron chi connectivity index (χ2n) is 11.6. The van der Waals surface area contributed by atoms with Gasteiger partial charge in [0.05, 0.1) is 10.7 Å². The first-order chi connectivity index (χ1) is 20.3. The lowest BCUT2D eigenvalue weighted by atomic mass is 9.98. The van der Waals surface area contributed by atoms with Crippen LogP contribution in [0.25, 0.3) is 0 Å². The molecule has 0 spiro atoms. The van der Waals surface area contributed by atoms with E-state index in [1.54, 1.807) is 52.0 Å². The van der Waals surface area contributed by atoms with Crippen LogP contribution in [0.3, 0.4) is 0 Å². The van der Waals surface area contributed by atoms with Crippen LogP contribution >= 0.6 is 11.6 Å². The molecule has 0 aromatic heterocycles. The summed E-state index contributed by atoms with van der Waals surface area (Å²) >= 11 is 6.46. The van der Waals surface area contributed by atoms with E-state index in [4.69, 9.17) is 16.3 Å². The van der Waals surface area contributed by atoms with Crippen LogP contribution in [0.1, 0.15) is 68.8 Å². The number of amides is 3. The van der Waals surface area contributed by atoms with Crippen LogP contribution < -0.4 is 10.6 Å². The highest BCUT2D eigenvalue weighted by Crippen LogP contribution is 2.31. The van der Waals surface area contributed by atoms with Crippen molar-refractivity contribution in [1.29, 1.82) is 0 Å². The van der Waals surface area contributed by atoms with Gasteiger partial charge in [-0.25, -0.2) is 4.79 Å². The number of nitrogens with one attached hydrogen (secondary N) is 2. The molecule has 8 nitrogen and oxygen atoms in total. The number of hydrogen-bond acceptors (Lipinski definition) is 5. The summed E-state index contributed by atoms with van der Waals surface area (Å²) in [6.45, 7) is 11.1. The van der Waals surface area contributed by atoms with E-state index in [0.717, 1.165) is 17.5 Å². The lowest BCUT2D eigenvalue weighted by Gasteiger charge is -2.35. The molecule has 0 aliphatic carbocycles. The summed E-state index contributed by atoms with van der Waals surface area (Å²) in [5, 5.41) is 16.3. The van der Waals surface area contributed by atoms with Gasteiger partial charge in [0.25, 0.3) is 5.91 Å². The van der Waals surface area contributed by atoms with Gasteiger partial charge in [-0.2, -0.15) is 0 Å². The molecule has 3 rings (SSSR count). The van der Waals surface area contributed by atoms with Crippen molar-refractivity contribution in [3.05, 3.63) is 94.0 Å². The van der Waals surface area contributed by atoms with Crippen LogP contribution in [-0.4, -0.2) is 46.1 Å². The first-order valence-corrected chi connectivity index (χ1v) is 14.9. The van der Waals surface area contributed by atoms with Gasteiger partial charge in [0.2, 0.25) is 5.91 Å². The first-order valence-electron chi connectivity index (χ1n) is 14.5. The number of alkyl carbamates (subject to hydrolysis) is 1. The van der Waals surface area contributed by atoms with Crippen molar-refractivity contribution in [2.75, 3.05) is 11.9 Å². The van der Waals surface area contributed by atoms with E-state index in [-0.39, 0.29) is 18.7 Å². The number of halogens is 1. The van der Waals surface area contributed by atoms with Crippen molar-refractivity contribution in [1.82, 2.24) is 10.2 Å². The standard InChI is InChI=1S/C34H42ClN3O5/c1-7-8-19-38(32(41)27(21-24-14-10-9-11-15-24)36-33(42)43-34(4,5)6)30(25-17-18-28(39)23(3)20-25)31(40)37-29-22(2)13-12-16-26(29)35/h9-18,20,27,30,39H,7-8,19,21H2,1-6H3,(H,36,42)(H,37,40). The minimum atomic E-state index is -1.09. The summed E-state index contributed by atoms with van der Waals surface area (Å²) in [6, 6.07) is 17.4. The molecule has 230 valence electrons. The SMILES string of the molecule is CCCCN(C(=O)C(Cc1ccccc1)NC(=O)OC(C)(C)C)C(C(=O)Nc1c(C)cccc1Cl)c1ccc(O)c(C)c1. The molecule has 2 unspecified atom stereocenters. The third-order valence-corrected chi connectivity index (χ3v) is 7.19. The van der Waals surface area contributed by atoms with Crippen molar-refractivity contribution in [3.8, 4) is 5.75 Å². The van der Waals surface area contributed by atoms with E-state index in [0.29, 0.717) is 28.3 Å². The molecule has 0 bridgehead atoms. The molecule has 0 fully saturated rings. The summed E-state index contributed by atoms with van der Waals surface area (Å²) in [5.74, 6) is -0.837. The number of phenolic OH excluding ortho intramolecular Hbond substituents is 1. The third kappa shape index (κ3) is 9.48. The second-order valence-corrected chi connectivity index (χ2v) is 12.1. The Balaban J connectivity index is 2.11. The molecule has 3 aromatic rings. The average Bonchev–Trinajstić information content (AvgIpc) is 2.93. The molecule has 0 aliphatic rings. The maximum absolute atomic E-state index is 14.5. The summed E-state index contributed by atoms with van der Waals surface area (Å²) in [6.07, 6.45) is 0.834. The predicted octanol–water partition coefficient (Wildman–Crippen LogP) is 7.11. The maximum Gasteiger partial charge on any atom is 0.408 e. The predicted molar refractivity (Wildman–Crippen MR) is 170 cm³/mol. The van der Waals surface area contributed by atoms with Gasteiger partial charge in [-0.3, -0.25) is 9.59 Å². The van der Waals surface area contributed by atoms with E-state index in [1.807, 2.05) is 50.2 Å². The normalized spacial score (nSPS) is 12.6. The zero-order valence-electron chi connectivity index (χ0n) is 25.7. The fraction of sp³-hybridized carbons (Fsp3) is 0.382. The van der Waals surface area contributed by atoms with Crippen molar-refractivity contribution < 1.29 is 24.2 Å². The molecule has 3 N–H and O–H groups in total. The Bertz CT molecular complexity index is 1400. The number of carbonyl (C=O) groups excluding carboxylic acids is 3. The van der Waals surface area contributed by atoms with Gasteiger partial charge in [-0.1, -0.05) is 73.5 Å². The van der Waals surface area contributed by atoms with Gasteiger partial charge in [0.15, 0.2) is 0 Å². The van der Waals surface area contributed by atoms with Crippen LogP contribution in [0.4, 0.5) is 10.5 Å². The molecule has 0 saturated carbocycles. The molecule has 0 aliphatic heterocycles. The van der Waals surface area contributed by atoms with Gasteiger partial charge >= 0.3 is 6.09 Å². The van der Waals surface area contributed by atoms with Crippen molar-refractivity contribution >= 4 is 35.2 Å². The largest absolute Gasteiger partial charge is 0.508 e. The molecule has 0 heterocycles. The Morgan fingerprint density at radius 1 is 0.977 bits per heavy atom. The summed E-state index contributed by atoms with van der Waals surface area (Å²) < 4.78 is 5.50. The number of aryl methyl sites for hydroxylation is 2. The van der Waals surface area contributed by atoms with Crippen LogP contribution in [0.2, 0.25) is 5.02 Å². The second kappa shape index (κ2) is 14.9. The smallest absolute Gasteiger partial charge is 0.408 e. The number of phenols is 1. The number of nitrogens with zero attached hydrogens (tertiary/aromatic N) is 1. The molecule has 3 amide bonds. The van der Waals surface area contributed by atoms with Crippen LogP contribution in [0, 0.1) is 13.8 Å². The van der Waals surface area contributed by atoms with Gasteiger partial charge in [0.1, 0.15) is 23.4 Å². The number of benzene rings is 3. The molecular weight excluding hydrogens is 566 g/mol. The fourth-order valence-electron chi connectivity index (χ4n) is 4.70. The highest BCUT2D eigenvalue weighted by atomic mass is 35.5. The van der Waals surface area contributed by atoms with Crippen LogP contribution in [0.15, 0.2) is 66.7 Å². The number of unbranched alkanes of at least 4 members (excludes halogenated alkanes) is 1. The molecule has 0 saturated heterocycles. The number of hydrogen-bond donors (Lipinski definition) is 3. The monoisotopic (exact) mass is 607 g/mol. The van der Waals surface area contributed by atoms with Gasteiger partial charge < -0.3 is 25.4 Å². The maximum atomic E-state index is 14.5. The molecule has 3 aromatic carbocycles. The topological polar surface area (TPSA) is 108 Å². The summed E-state index contributed by atoms with van der Waals surface area (Å²) in [5.41, 5.74) is 2.34. The van der Waals surface area contributed by atoms with Gasteiger partial charge in [-0.05, 0) is 81.5 Å². The van der Waals surface area contributed by atoms with E-state index in [1.165, 1.54) is 11.0 Å². The average molecular weight is 608 g/mol. The number of aromatic hydroxyl groups is 1. The third-order valence-electron chi connectivity index (χ3n) is 6.87. The number of anilines is 1. The number of rotatable bonds is 11. The minimum Gasteiger partial charge on any atom is -0.508 e. The Morgan fingerprint density at radius 2 is 1.67 bits per heavy atom. The number of para-hydroxylation sites is 1. The summed E-state index contributed by atoms with van der Waals surface area (Å²) in [7, 11) is 0. The zero-order chi connectivity index (χ0) is 31.7. The molecule has 0 radical (unpaired) electrons. The Morgan fingerprint density at radius 3 is 2.28 bits per heavy atom. The fourth-order valence-corrected chi connectivity index (χ4v) is 4.97. The highest BCUT2D eigenvalue weighted by Gasteiger charge is 2.36. The number of ether oxygens (including phenoxy) is 1.